The maximum atomic E-state index is 9.59. The van der Waals surface area contributed by atoms with Crippen LogP contribution in [0.25, 0.3) is 0 Å². The standard InChI is InChI=1S/C11H11NO2.C4H6O3/c1-2-4-11(5-3-1)14-7-6-10-8-13-9-12-10;1-7-3-2-4(5)6/h1-5,8-9H,6-7H2;2-3H,1H3,(H,5,6). The molecule has 1 aromatic carbocycles. The minimum absolute atomic E-state index is 0.622. The number of carbonyl (C=O) groups is 1. The first-order chi connectivity index (χ1) is 10.2. The number of aliphatic carboxylic acids is 1. The van der Waals surface area contributed by atoms with E-state index in [1.165, 1.54) is 13.5 Å². The van der Waals surface area contributed by atoms with E-state index >= 15 is 0 Å². The Morgan fingerprint density at radius 1 is 1.38 bits per heavy atom. The second-order valence-electron chi connectivity index (χ2n) is 3.77. The first-order valence-corrected chi connectivity index (χ1v) is 6.19. The molecular formula is C15H17NO5. The Morgan fingerprint density at radius 2 is 2.14 bits per heavy atom. The van der Waals surface area contributed by atoms with Gasteiger partial charge in [-0.15, -0.1) is 0 Å². The van der Waals surface area contributed by atoms with Crippen molar-refractivity contribution in [3.8, 4) is 5.75 Å². The molecule has 0 saturated carbocycles. The van der Waals surface area contributed by atoms with Crippen molar-refractivity contribution in [2.24, 2.45) is 0 Å². The molecule has 0 aliphatic heterocycles. The van der Waals surface area contributed by atoms with Crippen LogP contribution in [-0.4, -0.2) is 29.8 Å². The molecule has 0 aliphatic rings. The lowest BCUT2D eigenvalue weighted by Crippen LogP contribution is -2.01. The molecule has 1 heterocycles. The third-order valence-corrected chi connectivity index (χ3v) is 2.20. The van der Waals surface area contributed by atoms with E-state index < -0.39 is 5.97 Å². The predicted molar refractivity (Wildman–Crippen MR) is 75.9 cm³/mol. The number of para-hydroxylation sites is 1. The molecule has 2 rings (SSSR count). The van der Waals surface area contributed by atoms with Gasteiger partial charge in [-0.05, 0) is 12.1 Å². The number of hydrogen-bond donors (Lipinski definition) is 1. The normalized spacial score (nSPS) is 9.76. The zero-order chi connectivity index (χ0) is 15.3. The van der Waals surface area contributed by atoms with E-state index in [9.17, 15) is 4.79 Å². The molecule has 6 nitrogen and oxygen atoms in total. The number of methoxy groups -OCH3 is 1. The van der Waals surface area contributed by atoms with Crippen molar-refractivity contribution < 1.29 is 23.8 Å². The van der Waals surface area contributed by atoms with E-state index in [-0.39, 0.29) is 0 Å². The zero-order valence-corrected chi connectivity index (χ0v) is 11.6. The lowest BCUT2D eigenvalue weighted by atomic mass is 10.3. The van der Waals surface area contributed by atoms with Crippen LogP contribution < -0.4 is 4.74 Å². The molecule has 112 valence electrons. The van der Waals surface area contributed by atoms with Crippen molar-refractivity contribution in [3.05, 3.63) is 61.0 Å². The Balaban J connectivity index is 0.000000270. The highest BCUT2D eigenvalue weighted by molar-refractivity contribution is 5.79. The van der Waals surface area contributed by atoms with Gasteiger partial charge in [0, 0.05) is 6.42 Å². The smallest absolute Gasteiger partial charge is 0.331 e. The van der Waals surface area contributed by atoms with Gasteiger partial charge in [0.05, 0.1) is 31.7 Å². The van der Waals surface area contributed by atoms with Gasteiger partial charge in [-0.3, -0.25) is 0 Å². The summed E-state index contributed by atoms with van der Waals surface area (Å²) in [6.07, 6.45) is 5.85. The zero-order valence-electron chi connectivity index (χ0n) is 11.6. The van der Waals surface area contributed by atoms with Crippen molar-refractivity contribution in [2.75, 3.05) is 13.7 Å². The van der Waals surface area contributed by atoms with E-state index in [0.29, 0.717) is 6.61 Å². The topological polar surface area (TPSA) is 81.8 Å². The van der Waals surface area contributed by atoms with Gasteiger partial charge < -0.3 is 19.0 Å². The molecule has 6 heteroatoms. The van der Waals surface area contributed by atoms with Gasteiger partial charge in [0.15, 0.2) is 6.39 Å². The molecule has 0 fully saturated rings. The fourth-order valence-electron chi connectivity index (χ4n) is 1.28. The molecule has 0 unspecified atom stereocenters. The van der Waals surface area contributed by atoms with Crippen LogP contribution in [0.15, 0.2) is 59.7 Å². The van der Waals surface area contributed by atoms with Crippen molar-refractivity contribution in [3.63, 3.8) is 0 Å². The molecule has 0 amide bonds. The van der Waals surface area contributed by atoms with E-state index in [1.54, 1.807) is 6.26 Å². The average Bonchev–Trinajstić information content (AvgIpc) is 3.00. The highest BCUT2D eigenvalue weighted by Gasteiger charge is 1.96. The third-order valence-electron chi connectivity index (χ3n) is 2.20. The summed E-state index contributed by atoms with van der Waals surface area (Å²) >= 11 is 0. The number of carboxylic acid groups (broad SMARTS) is 1. The van der Waals surface area contributed by atoms with E-state index in [1.807, 2.05) is 30.3 Å². The quantitative estimate of drug-likeness (QED) is 0.650. The lowest BCUT2D eigenvalue weighted by molar-refractivity contribution is -0.131. The summed E-state index contributed by atoms with van der Waals surface area (Å²) in [5.74, 6) is -0.113. The largest absolute Gasteiger partial charge is 0.504 e. The highest BCUT2D eigenvalue weighted by Crippen LogP contribution is 2.08. The number of carboxylic acids is 1. The molecule has 0 atom stereocenters. The summed E-state index contributed by atoms with van der Waals surface area (Å²) < 4.78 is 14.6. The summed E-state index contributed by atoms with van der Waals surface area (Å²) in [5, 5.41) is 7.88. The average molecular weight is 291 g/mol. The van der Waals surface area contributed by atoms with Gasteiger partial charge in [0.2, 0.25) is 0 Å². The van der Waals surface area contributed by atoms with Crippen molar-refractivity contribution in [1.29, 1.82) is 0 Å². The lowest BCUT2D eigenvalue weighted by Gasteiger charge is -2.03. The number of nitrogens with zero attached hydrogens (tertiary/aromatic N) is 1. The second kappa shape index (κ2) is 10.1. The van der Waals surface area contributed by atoms with Crippen molar-refractivity contribution >= 4 is 5.97 Å². The number of oxazole rings is 1. The third kappa shape index (κ3) is 8.10. The predicted octanol–water partition coefficient (Wildman–Crippen LogP) is 2.53. The number of rotatable bonds is 6. The number of aromatic nitrogens is 1. The molecule has 0 spiro atoms. The first-order valence-electron chi connectivity index (χ1n) is 6.19. The Labute approximate surface area is 122 Å². The maximum Gasteiger partial charge on any atom is 0.331 e. The van der Waals surface area contributed by atoms with Crippen LogP contribution in [0.4, 0.5) is 0 Å². The van der Waals surface area contributed by atoms with Gasteiger partial charge in [-0.2, -0.15) is 0 Å². The Morgan fingerprint density at radius 3 is 2.67 bits per heavy atom. The van der Waals surface area contributed by atoms with Crippen LogP contribution in [0.3, 0.4) is 0 Å². The summed E-state index contributed by atoms with van der Waals surface area (Å²) in [4.78, 5) is 13.6. The minimum atomic E-state index is -0.998. The molecule has 0 saturated heterocycles. The van der Waals surface area contributed by atoms with Crippen LogP contribution in [-0.2, 0) is 16.0 Å². The maximum absolute atomic E-state index is 9.59. The second-order valence-corrected chi connectivity index (χ2v) is 3.77. The molecule has 1 N–H and O–H groups in total. The monoisotopic (exact) mass is 291 g/mol. The van der Waals surface area contributed by atoms with E-state index in [2.05, 4.69) is 9.72 Å². The first kappa shape index (κ1) is 16.3. The molecule has 1 aromatic heterocycles. The highest BCUT2D eigenvalue weighted by atomic mass is 16.5. The summed E-state index contributed by atoms with van der Waals surface area (Å²) in [5.41, 5.74) is 0.918. The van der Waals surface area contributed by atoms with Crippen LogP contribution in [0, 0.1) is 0 Å². The van der Waals surface area contributed by atoms with Gasteiger partial charge in [-0.25, -0.2) is 9.78 Å². The van der Waals surface area contributed by atoms with Crippen LogP contribution in [0.2, 0.25) is 0 Å². The molecular weight excluding hydrogens is 274 g/mol. The number of hydrogen-bond acceptors (Lipinski definition) is 5. The molecule has 0 radical (unpaired) electrons. The van der Waals surface area contributed by atoms with Crippen LogP contribution in [0.5, 0.6) is 5.75 Å². The van der Waals surface area contributed by atoms with Crippen LogP contribution in [0.1, 0.15) is 5.69 Å². The molecule has 2 aromatic rings. The van der Waals surface area contributed by atoms with Crippen molar-refractivity contribution in [2.45, 2.75) is 6.42 Å². The fourth-order valence-corrected chi connectivity index (χ4v) is 1.28. The number of ether oxygens (including phenoxy) is 2. The Hall–Kier alpha value is -2.76. The Bertz CT molecular complexity index is 522. The van der Waals surface area contributed by atoms with Crippen LogP contribution >= 0.6 is 0 Å². The van der Waals surface area contributed by atoms with Gasteiger partial charge >= 0.3 is 5.97 Å². The van der Waals surface area contributed by atoms with Gasteiger partial charge in [-0.1, -0.05) is 18.2 Å². The van der Waals surface area contributed by atoms with E-state index in [0.717, 1.165) is 30.2 Å². The SMILES string of the molecule is COC=CC(=O)O.c1ccc(OCCc2cocn2)cc1. The Kier molecular flexibility index (Phi) is 7.82. The molecule has 0 bridgehead atoms. The summed E-state index contributed by atoms with van der Waals surface area (Å²) in [6, 6.07) is 9.73. The van der Waals surface area contributed by atoms with E-state index in [4.69, 9.17) is 14.3 Å². The molecule has 0 aliphatic carbocycles. The summed E-state index contributed by atoms with van der Waals surface area (Å²) in [6.45, 7) is 0.622. The fraction of sp³-hybridized carbons (Fsp3) is 0.200. The summed E-state index contributed by atoms with van der Waals surface area (Å²) in [7, 11) is 1.39. The number of benzene rings is 1. The van der Waals surface area contributed by atoms with Crippen molar-refractivity contribution in [1.82, 2.24) is 4.98 Å². The molecule has 21 heavy (non-hydrogen) atoms. The van der Waals surface area contributed by atoms with Gasteiger partial charge in [0.25, 0.3) is 0 Å². The minimum Gasteiger partial charge on any atom is -0.504 e. The van der Waals surface area contributed by atoms with Gasteiger partial charge in [0.1, 0.15) is 12.0 Å².